The molecule has 1 fully saturated rings. The SMILES string of the molecule is C[C@@H]1CC[C@@H](C(C)(C)c2ccccc2)[C@H](OC(=O)[C@@H](O)CC2=CCCC2)C1. The lowest BCUT2D eigenvalue weighted by atomic mass is 9.64. The van der Waals surface area contributed by atoms with Crippen molar-refractivity contribution in [2.45, 2.75) is 83.3 Å². The third-order valence-electron chi connectivity index (χ3n) is 6.63. The second kappa shape index (κ2) is 8.60. The summed E-state index contributed by atoms with van der Waals surface area (Å²) in [7, 11) is 0. The molecule has 3 nitrogen and oxygen atoms in total. The van der Waals surface area contributed by atoms with Gasteiger partial charge in [0.15, 0.2) is 6.10 Å². The van der Waals surface area contributed by atoms with Crippen LogP contribution in [0.5, 0.6) is 0 Å². The van der Waals surface area contributed by atoms with Gasteiger partial charge in [0.1, 0.15) is 6.10 Å². The van der Waals surface area contributed by atoms with Gasteiger partial charge < -0.3 is 9.84 Å². The molecule has 4 atom stereocenters. The standard InChI is InChI=1S/C24H34O3/c1-17-13-14-20(24(2,3)19-11-5-4-6-12-19)22(15-17)27-23(26)21(25)16-18-9-7-8-10-18/h4-6,9,11-12,17,20-22,25H,7-8,10,13-16H2,1-3H3/t17-,20-,21+,22-/m1/s1. The number of ether oxygens (including phenoxy) is 1. The lowest BCUT2D eigenvalue weighted by molar-refractivity contribution is -0.166. The van der Waals surface area contributed by atoms with Gasteiger partial charge >= 0.3 is 5.97 Å². The highest BCUT2D eigenvalue weighted by atomic mass is 16.6. The highest BCUT2D eigenvalue weighted by molar-refractivity contribution is 5.75. The van der Waals surface area contributed by atoms with Gasteiger partial charge in [0.05, 0.1) is 0 Å². The highest BCUT2D eigenvalue weighted by Crippen LogP contribution is 2.43. The van der Waals surface area contributed by atoms with Gasteiger partial charge in [0.2, 0.25) is 0 Å². The molecule has 0 aliphatic heterocycles. The van der Waals surface area contributed by atoms with E-state index < -0.39 is 12.1 Å². The number of esters is 1. The summed E-state index contributed by atoms with van der Waals surface area (Å²) in [6.45, 7) is 6.74. The van der Waals surface area contributed by atoms with E-state index in [4.69, 9.17) is 4.74 Å². The maximum Gasteiger partial charge on any atom is 0.335 e. The topological polar surface area (TPSA) is 46.5 Å². The van der Waals surface area contributed by atoms with E-state index >= 15 is 0 Å². The summed E-state index contributed by atoms with van der Waals surface area (Å²) in [5, 5.41) is 10.4. The number of carbonyl (C=O) groups excluding carboxylic acids is 1. The van der Waals surface area contributed by atoms with Gasteiger partial charge in [0.25, 0.3) is 0 Å². The molecule has 0 aromatic heterocycles. The van der Waals surface area contributed by atoms with Crippen LogP contribution in [0.1, 0.15) is 71.3 Å². The Hall–Kier alpha value is -1.61. The Labute approximate surface area is 163 Å². The molecule has 3 heteroatoms. The molecule has 2 aliphatic carbocycles. The molecule has 0 saturated heterocycles. The monoisotopic (exact) mass is 370 g/mol. The largest absolute Gasteiger partial charge is 0.460 e. The van der Waals surface area contributed by atoms with Crippen LogP contribution in [-0.2, 0) is 14.9 Å². The molecule has 2 aliphatic rings. The number of aliphatic hydroxyl groups excluding tert-OH is 1. The van der Waals surface area contributed by atoms with Crippen LogP contribution in [0.4, 0.5) is 0 Å². The lowest BCUT2D eigenvalue weighted by Crippen LogP contribution is -2.44. The number of hydrogen-bond donors (Lipinski definition) is 1. The van der Waals surface area contributed by atoms with E-state index in [2.05, 4.69) is 51.1 Å². The summed E-state index contributed by atoms with van der Waals surface area (Å²) in [5.41, 5.74) is 2.39. The van der Waals surface area contributed by atoms with E-state index in [9.17, 15) is 9.90 Å². The van der Waals surface area contributed by atoms with Crippen molar-refractivity contribution >= 4 is 5.97 Å². The molecule has 0 bridgehead atoms. The Morgan fingerprint density at radius 1 is 1.26 bits per heavy atom. The lowest BCUT2D eigenvalue weighted by Gasteiger charge is -2.44. The fourth-order valence-electron chi connectivity index (χ4n) is 4.85. The number of benzene rings is 1. The summed E-state index contributed by atoms with van der Waals surface area (Å²) in [6, 6.07) is 10.5. The molecule has 0 amide bonds. The fourth-order valence-corrected chi connectivity index (χ4v) is 4.85. The van der Waals surface area contributed by atoms with Crippen molar-refractivity contribution in [3.63, 3.8) is 0 Å². The molecule has 3 rings (SSSR count). The minimum atomic E-state index is -1.04. The number of allylic oxidation sites excluding steroid dienone is 1. The maximum atomic E-state index is 12.6. The number of carbonyl (C=O) groups is 1. The Kier molecular flexibility index (Phi) is 6.41. The van der Waals surface area contributed by atoms with Crippen LogP contribution in [0.25, 0.3) is 0 Å². The summed E-state index contributed by atoms with van der Waals surface area (Å²) in [4.78, 5) is 12.6. The van der Waals surface area contributed by atoms with Crippen LogP contribution >= 0.6 is 0 Å². The molecule has 1 saturated carbocycles. The summed E-state index contributed by atoms with van der Waals surface area (Å²) in [6.07, 6.45) is 7.67. The van der Waals surface area contributed by atoms with E-state index in [1.807, 2.05) is 6.07 Å². The normalized spacial score (nSPS) is 27.1. The molecule has 1 aromatic carbocycles. The van der Waals surface area contributed by atoms with Crippen molar-refractivity contribution in [3.8, 4) is 0 Å². The molecule has 1 aromatic rings. The third-order valence-corrected chi connectivity index (χ3v) is 6.63. The van der Waals surface area contributed by atoms with Gasteiger partial charge in [-0.1, -0.05) is 69.2 Å². The fraction of sp³-hybridized carbons (Fsp3) is 0.625. The smallest absolute Gasteiger partial charge is 0.335 e. The Morgan fingerprint density at radius 2 is 2.00 bits per heavy atom. The van der Waals surface area contributed by atoms with Gasteiger partial charge in [0, 0.05) is 12.3 Å². The van der Waals surface area contributed by atoms with Crippen molar-refractivity contribution in [2.75, 3.05) is 0 Å². The van der Waals surface area contributed by atoms with Crippen LogP contribution < -0.4 is 0 Å². The Bertz CT molecular complexity index is 661. The van der Waals surface area contributed by atoms with Crippen LogP contribution in [0, 0.1) is 11.8 Å². The van der Waals surface area contributed by atoms with Crippen LogP contribution in [-0.4, -0.2) is 23.3 Å². The summed E-state index contributed by atoms with van der Waals surface area (Å²) >= 11 is 0. The molecule has 27 heavy (non-hydrogen) atoms. The molecule has 0 spiro atoms. The number of aliphatic hydroxyl groups is 1. The molecule has 148 valence electrons. The van der Waals surface area contributed by atoms with Gasteiger partial charge in [-0.15, -0.1) is 0 Å². The zero-order valence-corrected chi connectivity index (χ0v) is 17.0. The van der Waals surface area contributed by atoms with Crippen molar-refractivity contribution in [1.29, 1.82) is 0 Å². The number of hydrogen-bond acceptors (Lipinski definition) is 3. The molecule has 0 heterocycles. The van der Waals surface area contributed by atoms with Gasteiger partial charge in [-0.3, -0.25) is 0 Å². The van der Waals surface area contributed by atoms with E-state index in [0.717, 1.165) is 38.5 Å². The van der Waals surface area contributed by atoms with Crippen molar-refractivity contribution < 1.29 is 14.6 Å². The average Bonchev–Trinajstić information content (AvgIpc) is 3.15. The van der Waals surface area contributed by atoms with Crippen molar-refractivity contribution in [3.05, 3.63) is 47.5 Å². The van der Waals surface area contributed by atoms with E-state index in [1.54, 1.807) is 0 Å². The van der Waals surface area contributed by atoms with Gasteiger partial charge in [-0.25, -0.2) is 4.79 Å². The Balaban J connectivity index is 1.71. The van der Waals surface area contributed by atoms with E-state index in [1.165, 1.54) is 11.1 Å². The maximum absolute atomic E-state index is 12.6. The van der Waals surface area contributed by atoms with Crippen molar-refractivity contribution in [1.82, 2.24) is 0 Å². The van der Waals surface area contributed by atoms with E-state index in [-0.39, 0.29) is 17.4 Å². The van der Waals surface area contributed by atoms with Crippen LogP contribution in [0.2, 0.25) is 0 Å². The first-order valence-electron chi connectivity index (χ1n) is 10.5. The molecule has 0 unspecified atom stereocenters. The average molecular weight is 371 g/mol. The Morgan fingerprint density at radius 3 is 2.67 bits per heavy atom. The predicted octanol–water partition coefficient (Wildman–Crippen LogP) is 5.17. The van der Waals surface area contributed by atoms with Crippen molar-refractivity contribution in [2.24, 2.45) is 11.8 Å². The van der Waals surface area contributed by atoms with Gasteiger partial charge in [-0.05, 0) is 49.0 Å². The predicted molar refractivity (Wildman–Crippen MR) is 108 cm³/mol. The third kappa shape index (κ3) is 4.82. The second-order valence-corrected chi connectivity index (χ2v) is 9.06. The minimum absolute atomic E-state index is 0.0781. The second-order valence-electron chi connectivity index (χ2n) is 9.06. The summed E-state index contributed by atoms with van der Waals surface area (Å²) in [5.74, 6) is 0.356. The molecule has 0 radical (unpaired) electrons. The zero-order valence-electron chi connectivity index (χ0n) is 17.0. The first-order valence-corrected chi connectivity index (χ1v) is 10.5. The molecular formula is C24H34O3. The highest BCUT2D eigenvalue weighted by Gasteiger charge is 2.42. The van der Waals surface area contributed by atoms with Crippen LogP contribution in [0.15, 0.2) is 42.0 Å². The number of rotatable bonds is 6. The van der Waals surface area contributed by atoms with Crippen LogP contribution in [0.3, 0.4) is 0 Å². The zero-order chi connectivity index (χ0) is 19.4. The van der Waals surface area contributed by atoms with Gasteiger partial charge in [-0.2, -0.15) is 0 Å². The first-order chi connectivity index (χ1) is 12.9. The quantitative estimate of drug-likeness (QED) is 0.555. The van der Waals surface area contributed by atoms with E-state index in [0.29, 0.717) is 12.3 Å². The minimum Gasteiger partial charge on any atom is -0.460 e. The molecule has 1 N–H and O–H groups in total. The summed E-state index contributed by atoms with van der Waals surface area (Å²) < 4.78 is 5.94. The molecular weight excluding hydrogens is 336 g/mol. The first kappa shape index (κ1) is 20.1.